The first-order valence-electron chi connectivity index (χ1n) is 11.3. The third-order valence-electron chi connectivity index (χ3n) is 6.47. The summed E-state index contributed by atoms with van der Waals surface area (Å²) in [7, 11) is 0.773. The lowest BCUT2D eigenvalue weighted by Gasteiger charge is -2.36. The van der Waals surface area contributed by atoms with E-state index in [4.69, 9.17) is 4.74 Å². The average molecular weight is 464 g/mol. The molecular formula is C25H29N3O2SSi. The van der Waals surface area contributed by atoms with Gasteiger partial charge in [0.2, 0.25) is 0 Å². The molecule has 3 atom stereocenters. The fourth-order valence-electron chi connectivity index (χ4n) is 4.74. The topological polar surface area (TPSA) is 47.4 Å². The van der Waals surface area contributed by atoms with Gasteiger partial charge in [-0.25, -0.2) is 4.98 Å². The molecule has 0 radical (unpaired) electrons. The molecule has 7 heteroatoms. The quantitative estimate of drug-likeness (QED) is 0.418. The van der Waals surface area contributed by atoms with Crippen molar-refractivity contribution in [3.8, 4) is 22.9 Å². The van der Waals surface area contributed by atoms with Crippen LogP contribution in [0.15, 0.2) is 41.5 Å². The van der Waals surface area contributed by atoms with Gasteiger partial charge in [0.25, 0.3) is 5.56 Å². The molecule has 1 unspecified atom stereocenters. The van der Waals surface area contributed by atoms with Gasteiger partial charge in [-0.2, -0.15) is 0 Å². The Bertz CT molecular complexity index is 1250. The van der Waals surface area contributed by atoms with E-state index in [0.717, 1.165) is 29.2 Å². The summed E-state index contributed by atoms with van der Waals surface area (Å²) in [5.74, 6) is 4.11. The summed E-state index contributed by atoms with van der Waals surface area (Å²) in [6, 6.07) is 11.0. The Morgan fingerprint density at radius 1 is 1.12 bits per heavy atom. The van der Waals surface area contributed by atoms with Crippen LogP contribution >= 0.6 is 11.3 Å². The molecule has 2 aliphatic heterocycles. The van der Waals surface area contributed by atoms with Crippen molar-refractivity contribution in [1.29, 1.82) is 0 Å². The third kappa shape index (κ3) is 4.27. The Labute approximate surface area is 194 Å². The second-order valence-electron chi connectivity index (χ2n) is 10.0. The SMILES string of the molecule is CN1[C@@H]2CC[C@H]1CC(Oc1ccc(-n3cnc4cc(C#C[Si](C)(C)C)sc4c3=O)cc1)C2. The Morgan fingerprint density at radius 3 is 2.47 bits per heavy atom. The predicted molar refractivity (Wildman–Crippen MR) is 134 cm³/mol. The Kier molecular flexibility index (Phi) is 5.48. The second-order valence-corrected chi connectivity index (χ2v) is 15.8. The molecule has 4 heterocycles. The van der Waals surface area contributed by atoms with Crippen LogP contribution in [0.5, 0.6) is 5.75 Å². The highest BCUT2D eigenvalue weighted by atomic mass is 32.1. The number of benzene rings is 1. The summed E-state index contributed by atoms with van der Waals surface area (Å²) >= 11 is 1.43. The van der Waals surface area contributed by atoms with Crippen LogP contribution in [0.3, 0.4) is 0 Å². The molecule has 1 aromatic carbocycles. The second kappa shape index (κ2) is 8.18. The highest BCUT2D eigenvalue weighted by Crippen LogP contribution is 2.36. The van der Waals surface area contributed by atoms with E-state index in [0.29, 0.717) is 22.3 Å². The zero-order valence-corrected chi connectivity index (χ0v) is 20.9. The number of fused-ring (bicyclic) bond motifs is 3. The number of thiophene rings is 1. The summed E-state index contributed by atoms with van der Waals surface area (Å²) in [6.45, 7) is 6.63. The van der Waals surface area contributed by atoms with Crippen molar-refractivity contribution in [3.63, 3.8) is 0 Å². The van der Waals surface area contributed by atoms with Crippen LogP contribution in [-0.4, -0.2) is 47.8 Å². The molecule has 2 fully saturated rings. The van der Waals surface area contributed by atoms with Crippen LogP contribution in [0, 0.1) is 11.5 Å². The number of rotatable bonds is 3. The van der Waals surface area contributed by atoms with E-state index in [1.807, 2.05) is 30.3 Å². The minimum atomic E-state index is -1.47. The number of hydrogen-bond acceptors (Lipinski definition) is 5. The third-order valence-corrected chi connectivity index (χ3v) is 8.37. The molecule has 0 N–H and O–H groups in total. The van der Waals surface area contributed by atoms with Gasteiger partial charge in [-0.1, -0.05) is 25.6 Å². The van der Waals surface area contributed by atoms with Crippen LogP contribution in [0.2, 0.25) is 19.6 Å². The lowest BCUT2D eigenvalue weighted by atomic mass is 10.0. The van der Waals surface area contributed by atoms with Crippen molar-refractivity contribution in [2.75, 3.05) is 7.05 Å². The molecule has 2 saturated heterocycles. The number of hydrogen-bond donors (Lipinski definition) is 0. The van der Waals surface area contributed by atoms with E-state index >= 15 is 0 Å². The van der Waals surface area contributed by atoms with Gasteiger partial charge in [0.1, 0.15) is 31.0 Å². The zero-order valence-electron chi connectivity index (χ0n) is 19.1. The maximum atomic E-state index is 13.1. The van der Waals surface area contributed by atoms with Crippen LogP contribution < -0.4 is 10.3 Å². The molecule has 32 heavy (non-hydrogen) atoms. The Morgan fingerprint density at radius 2 is 1.81 bits per heavy atom. The van der Waals surface area contributed by atoms with Crippen molar-refractivity contribution >= 4 is 29.6 Å². The van der Waals surface area contributed by atoms with Crippen LogP contribution in [0.25, 0.3) is 15.9 Å². The first kappa shape index (κ1) is 21.4. The van der Waals surface area contributed by atoms with E-state index in [1.54, 1.807) is 10.9 Å². The number of piperidine rings is 1. The van der Waals surface area contributed by atoms with Gasteiger partial charge < -0.3 is 9.64 Å². The molecule has 3 aromatic rings. The molecule has 2 aromatic heterocycles. The summed E-state index contributed by atoms with van der Waals surface area (Å²) in [5, 5.41) is 0. The standard InChI is InChI=1S/C25H29N3O2SSi/c1-27-18-5-6-19(27)14-21(13-18)30-20-9-7-17(8-10-20)28-16-26-23-15-22(11-12-32(2,3)4)31-24(23)25(28)29/h7-10,15-16,18-19,21H,5-6,13-14H2,1-4H3/t18-,19+,21?. The molecule has 2 bridgehead atoms. The minimum absolute atomic E-state index is 0.0541. The first-order chi connectivity index (χ1) is 15.3. The summed E-state index contributed by atoms with van der Waals surface area (Å²) in [5.41, 5.74) is 4.82. The highest BCUT2D eigenvalue weighted by Gasteiger charge is 2.39. The van der Waals surface area contributed by atoms with E-state index in [-0.39, 0.29) is 11.7 Å². The predicted octanol–water partition coefficient (Wildman–Crippen LogP) is 4.68. The van der Waals surface area contributed by atoms with Crippen molar-refractivity contribution in [2.45, 2.75) is 63.5 Å². The highest BCUT2D eigenvalue weighted by molar-refractivity contribution is 7.19. The van der Waals surface area contributed by atoms with E-state index < -0.39 is 8.07 Å². The Balaban J connectivity index is 1.35. The largest absolute Gasteiger partial charge is 0.490 e. The van der Waals surface area contributed by atoms with E-state index in [1.165, 1.54) is 24.2 Å². The van der Waals surface area contributed by atoms with Gasteiger partial charge in [-0.3, -0.25) is 9.36 Å². The molecular weight excluding hydrogens is 434 g/mol. The monoisotopic (exact) mass is 463 g/mol. The van der Waals surface area contributed by atoms with Crippen molar-refractivity contribution in [1.82, 2.24) is 14.5 Å². The van der Waals surface area contributed by atoms with Crippen molar-refractivity contribution in [2.24, 2.45) is 0 Å². The lowest BCUT2D eigenvalue weighted by Crippen LogP contribution is -2.43. The first-order valence-corrected chi connectivity index (χ1v) is 15.6. The molecule has 2 aliphatic rings. The molecule has 5 nitrogen and oxygen atoms in total. The summed E-state index contributed by atoms with van der Waals surface area (Å²) < 4.78 is 8.55. The number of ether oxygens (including phenoxy) is 1. The fourth-order valence-corrected chi connectivity index (χ4v) is 6.24. The molecule has 5 rings (SSSR count). The molecule has 0 saturated carbocycles. The molecule has 0 aliphatic carbocycles. The van der Waals surface area contributed by atoms with Crippen LogP contribution in [0.1, 0.15) is 30.6 Å². The van der Waals surface area contributed by atoms with Gasteiger partial charge in [-0.05, 0) is 63.1 Å². The van der Waals surface area contributed by atoms with Gasteiger partial charge in [0.15, 0.2) is 0 Å². The summed E-state index contributed by atoms with van der Waals surface area (Å²) in [6.07, 6.45) is 6.64. The van der Waals surface area contributed by atoms with Gasteiger partial charge in [0.05, 0.1) is 16.1 Å². The number of nitrogens with zero attached hydrogens (tertiary/aromatic N) is 3. The van der Waals surface area contributed by atoms with Gasteiger partial charge in [0, 0.05) is 12.1 Å². The fraction of sp³-hybridized carbons (Fsp3) is 0.440. The summed E-state index contributed by atoms with van der Waals surface area (Å²) in [4.78, 5) is 21.0. The smallest absolute Gasteiger partial charge is 0.275 e. The van der Waals surface area contributed by atoms with E-state index in [9.17, 15) is 4.79 Å². The van der Waals surface area contributed by atoms with Crippen molar-refractivity contribution < 1.29 is 4.74 Å². The van der Waals surface area contributed by atoms with Crippen LogP contribution in [0.4, 0.5) is 0 Å². The normalized spacial score (nSPS) is 23.2. The zero-order chi connectivity index (χ0) is 22.5. The Hall–Kier alpha value is -2.40. The molecule has 166 valence electrons. The number of aromatic nitrogens is 2. The van der Waals surface area contributed by atoms with Gasteiger partial charge in [-0.15, -0.1) is 16.9 Å². The molecule has 0 spiro atoms. The maximum Gasteiger partial charge on any atom is 0.275 e. The van der Waals surface area contributed by atoms with E-state index in [2.05, 4.69) is 48.0 Å². The minimum Gasteiger partial charge on any atom is -0.490 e. The average Bonchev–Trinajstić information content (AvgIpc) is 3.24. The maximum absolute atomic E-state index is 13.1. The lowest BCUT2D eigenvalue weighted by molar-refractivity contribution is 0.0662. The van der Waals surface area contributed by atoms with Crippen LogP contribution in [-0.2, 0) is 0 Å². The van der Waals surface area contributed by atoms with Gasteiger partial charge >= 0.3 is 0 Å². The molecule has 0 amide bonds. The van der Waals surface area contributed by atoms with Crippen molar-refractivity contribution in [3.05, 3.63) is 51.9 Å².